The van der Waals surface area contributed by atoms with Gasteiger partial charge < -0.3 is 11.5 Å². The van der Waals surface area contributed by atoms with E-state index in [1.165, 1.54) is 5.56 Å². The third-order valence-corrected chi connectivity index (χ3v) is 2.50. The van der Waals surface area contributed by atoms with Crippen LogP contribution in [0.1, 0.15) is 18.4 Å². The molecule has 0 saturated carbocycles. The highest BCUT2D eigenvalue weighted by atomic mass is 79.9. The molecular formula is C10H15BrN2. The SMILES string of the molecule is NCCCCc1ccc(Br)cc1N. The minimum Gasteiger partial charge on any atom is -0.398 e. The summed E-state index contributed by atoms with van der Waals surface area (Å²) in [7, 11) is 0. The standard InChI is InChI=1S/C10H15BrN2/c11-9-5-4-8(10(13)7-9)3-1-2-6-12/h4-5,7H,1-3,6,12-13H2. The maximum absolute atomic E-state index is 5.84. The lowest BCUT2D eigenvalue weighted by molar-refractivity contribution is 0.746. The Hall–Kier alpha value is -0.540. The Morgan fingerprint density at radius 3 is 2.62 bits per heavy atom. The second kappa shape index (κ2) is 5.25. The van der Waals surface area contributed by atoms with Gasteiger partial charge in [-0.1, -0.05) is 22.0 Å². The predicted octanol–water partition coefficient (Wildman–Crippen LogP) is 2.31. The molecule has 0 radical (unpaired) electrons. The Balaban J connectivity index is 2.56. The van der Waals surface area contributed by atoms with Crippen molar-refractivity contribution in [3.05, 3.63) is 28.2 Å². The van der Waals surface area contributed by atoms with Crippen LogP contribution in [0, 0.1) is 0 Å². The van der Waals surface area contributed by atoms with Crippen molar-refractivity contribution in [2.45, 2.75) is 19.3 Å². The summed E-state index contributed by atoms with van der Waals surface area (Å²) in [6.07, 6.45) is 3.20. The van der Waals surface area contributed by atoms with Crippen LogP contribution in [0.4, 0.5) is 5.69 Å². The maximum atomic E-state index is 5.84. The summed E-state index contributed by atoms with van der Waals surface area (Å²) in [5.41, 5.74) is 13.3. The van der Waals surface area contributed by atoms with E-state index in [9.17, 15) is 0 Å². The molecule has 0 saturated heterocycles. The predicted molar refractivity (Wildman–Crippen MR) is 60.5 cm³/mol. The number of halogens is 1. The number of rotatable bonds is 4. The molecule has 0 heterocycles. The zero-order valence-corrected chi connectivity index (χ0v) is 9.18. The van der Waals surface area contributed by atoms with Crippen LogP contribution in [-0.4, -0.2) is 6.54 Å². The molecule has 0 aliphatic carbocycles. The normalized spacial score (nSPS) is 10.3. The van der Waals surface area contributed by atoms with Crippen LogP contribution in [0.25, 0.3) is 0 Å². The van der Waals surface area contributed by atoms with Crippen molar-refractivity contribution in [3.8, 4) is 0 Å². The van der Waals surface area contributed by atoms with Gasteiger partial charge in [-0.15, -0.1) is 0 Å². The van der Waals surface area contributed by atoms with E-state index in [0.717, 1.165) is 36.0 Å². The molecular weight excluding hydrogens is 228 g/mol. The highest BCUT2D eigenvalue weighted by Crippen LogP contribution is 2.19. The molecule has 0 amide bonds. The summed E-state index contributed by atoms with van der Waals surface area (Å²) in [5, 5.41) is 0. The molecule has 1 rings (SSSR count). The number of anilines is 1. The van der Waals surface area contributed by atoms with Gasteiger partial charge in [0, 0.05) is 10.2 Å². The van der Waals surface area contributed by atoms with Crippen LogP contribution in [0.15, 0.2) is 22.7 Å². The fourth-order valence-corrected chi connectivity index (χ4v) is 1.63. The van der Waals surface area contributed by atoms with Gasteiger partial charge in [-0.2, -0.15) is 0 Å². The minimum absolute atomic E-state index is 0.760. The van der Waals surface area contributed by atoms with E-state index in [1.807, 2.05) is 12.1 Å². The molecule has 4 N–H and O–H groups in total. The van der Waals surface area contributed by atoms with Crippen molar-refractivity contribution < 1.29 is 0 Å². The second-order valence-corrected chi connectivity index (χ2v) is 4.00. The van der Waals surface area contributed by atoms with Crippen molar-refractivity contribution in [1.82, 2.24) is 0 Å². The molecule has 0 aromatic heterocycles. The monoisotopic (exact) mass is 242 g/mol. The molecule has 2 nitrogen and oxygen atoms in total. The van der Waals surface area contributed by atoms with Crippen molar-refractivity contribution >= 4 is 21.6 Å². The van der Waals surface area contributed by atoms with E-state index < -0.39 is 0 Å². The number of nitrogens with two attached hydrogens (primary N) is 2. The Morgan fingerprint density at radius 2 is 2.00 bits per heavy atom. The molecule has 1 aromatic carbocycles. The molecule has 3 heteroatoms. The third-order valence-electron chi connectivity index (χ3n) is 2.01. The highest BCUT2D eigenvalue weighted by Gasteiger charge is 1.98. The fraction of sp³-hybridized carbons (Fsp3) is 0.400. The lowest BCUT2D eigenvalue weighted by atomic mass is 10.1. The van der Waals surface area contributed by atoms with Crippen molar-refractivity contribution in [1.29, 1.82) is 0 Å². The first-order valence-electron chi connectivity index (χ1n) is 4.48. The summed E-state index contributed by atoms with van der Waals surface area (Å²) < 4.78 is 1.03. The maximum Gasteiger partial charge on any atom is 0.0357 e. The summed E-state index contributed by atoms with van der Waals surface area (Å²) >= 11 is 3.38. The first-order valence-corrected chi connectivity index (χ1v) is 5.27. The molecule has 0 atom stereocenters. The Morgan fingerprint density at radius 1 is 1.23 bits per heavy atom. The van der Waals surface area contributed by atoms with Crippen LogP contribution < -0.4 is 11.5 Å². The number of hydrogen-bond donors (Lipinski definition) is 2. The Labute approximate surface area is 87.4 Å². The number of aryl methyl sites for hydroxylation is 1. The molecule has 1 aromatic rings. The largest absolute Gasteiger partial charge is 0.398 e. The fourth-order valence-electron chi connectivity index (χ4n) is 1.25. The van der Waals surface area contributed by atoms with E-state index in [2.05, 4.69) is 22.0 Å². The smallest absolute Gasteiger partial charge is 0.0357 e. The van der Waals surface area contributed by atoms with Gasteiger partial charge in [0.25, 0.3) is 0 Å². The zero-order chi connectivity index (χ0) is 9.68. The van der Waals surface area contributed by atoms with Gasteiger partial charge in [-0.25, -0.2) is 0 Å². The first kappa shape index (κ1) is 10.5. The third kappa shape index (κ3) is 3.36. The average molecular weight is 243 g/mol. The van der Waals surface area contributed by atoms with Crippen molar-refractivity contribution in [2.75, 3.05) is 12.3 Å². The summed E-state index contributed by atoms with van der Waals surface area (Å²) in [6.45, 7) is 0.760. The Bertz CT molecular complexity index is 274. The van der Waals surface area contributed by atoms with Crippen LogP contribution in [0.3, 0.4) is 0 Å². The van der Waals surface area contributed by atoms with Gasteiger partial charge in [0.15, 0.2) is 0 Å². The van der Waals surface area contributed by atoms with E-state index in [0.29, 0.717) is 0 Å². The number of benzene rings is 1. The van der Waals surface area contributed by atoms with Gasteiger partial charge in [0.05, 0.1) is 0 Å². The highest BCUT2D eigenvalue weighted by molar-refractivity contribution is 9.10. The lowest BCUT2D eigenvalue weighted by Gasteiger charge is -2.05. The molecule has 0 fully saturated rings. The van der Waals surface area contributed by atoms with Gasteiger partial charge in [-0.3, -0.25) is 0 Å². The summed E-state index contributed by atoms with van der Waals surface area (Å²) in [4.78, 5) is 0. The number of nitrogen functional groups attached to an aromatic ring is 1. The molecule has 72 valence electrons. The molecule has 13 heavy (non-hydrogen) atoms. The Kier molecular flexibility index (Phi) is 4.25. The van der Waals surface area contributed by atoms with Crippen LogP contribution in [0.5, 0.6) is 0 Å². The summed E-state index contributed by atoms with van der Waals surface area (Å²) in [6, 6.07) is 6.03. The zero-order valence-electron chi connectivity index (χ0n) is 7.59. The first-order chi connectivity index (χ1) is 6.24. The quantitative estimate of drug-likeness (QED) is 0.629. The van der Waals surface area contributed by atoms with Gasteiger partial charge >= 0.3 is 0 Å². The molecule has 0 aliphatic heterocycles. The minimum atomic E-state index is 0.760. The van der Waals surface area contributed by atoms with Crippen LogP contribution in [-0.2, 0) is 6.42 Å². The van der Waals surface area contributed by atoms with E-state index in [4.69, 9.17) is 11.5 Å². The van der Waals surface area contributed by atoms with Crippen molar-refractivity contribution in [2.24, 2.45) is 5.73 Å². The number of unbranched alkanes of at least 4 members (excludes halogenated alkanes) is 1. The van der Waals surface area contributed by atoms with Crippen LogP contribution in [0.2, 0.25) is 0 Å². The molecule has 0 aliphatic rings. The van der Waals surface area contributed by atoms with Crippen molar-refractivity contribution in [3.63, 3.8) is 0 Å². The van der Waals surface area contributed by atoms with E-state index in [1.54, 1.807) is 0 Å². The van der Waals surface area contributed by atoms with Crippen LogP contribution >= 0.6 is 15.9 Å². The topological polar surface area (TPSA) is 52.0 Å². The van der Waals surface area contributed by atoms with Gasteiger partial charge in [0.1, 0.15) is 0 Å². The van der Waals surface area contributed by atoms with Gasteiger partial charge in [-0.05, 0) is 43.5 Å². The lowest BCUT2D eigenvalue weighted by Crippen LogP contribution is -2.00. The van der Waals surface area contributed by atoms with E-state index >= 15 is 0 Å². The molecule has 0 unspecified atom stereocenters. The average Bonchev–Trinajstić information content (AvgIpc) is 2.09. The molecule has 0 bridgehead atoms. The number of hydrogen-bond acceptors (Lipinski definition) is 2. The molecule has 0 spiro atoms. The summed E-state index contributed by atoms with van der Waals surface area (Å²) in [5.74, 6) is 0. The van der Waals surface area contributed by atoms with Gasteiger partial charge in [0.2, 0.25) is 0 Å². The van der Waals surface area contributed by atoms with E-state index in [-0.39, 0.29) is 0 Å². The second-order valence-electron chi connectivity index (χ2n) is 3.09.